The van der Waals surface area contributed by atoms with Crippen LogP contribution < -0.4 is 11.1 Å². The van der Waals surface area contributed by atoms with Crippen LogP contribution in [0.5, 0.6) is 0 Å². The average molecular weight is 268 g/mol. The summed E-state index contributed by atoms with van der Waals surface area (Å²) in [7, 11) is 0. The average Bonchev–Trinajstić information content (AvgIpc) is 2.43. The molecule has 5 heteroatoms. The van der Waals surface area contributed by atoms with Gasteiger partial charge in [0.1, 0.15) is 0 Å². The van der Waals surface area contributed by atoms with Crippen LogP contribution in [0.3, 0.4) is 0 Å². The lowest BCUT2D eigenvalue weighted by Gasteiger charge is -2.44. The van der Waals surface area contributed by atoms with Crippen LogP contribution in [0.25, 0.3) is 0 Å². The topological polar surface area (TPSA) is 61.6 Å². The highest BCUT2D eigenvalue weighted by Gasteiger charge is 2.30. The van der Waals surface area contributed by atoms with Gasteiger partial charge in [-0.25, -0.2) is 0 Å². The molecule has 0 bridgehead atoms. The molecule has 0 aliphatic carbocycles. The molecule has 0 aromatic rings. The molecular formula is C14H28N4O. The van der Waals surface area contributed by atoms with Gasteiger partial charge in [0.05, 0.1) is 6.04 Å². The van der Waals surface area contributed by atoms with Gasteiger partial charge < -0.3 is 11.1 Å². The van der Waals surface area contributed by atoms with Crippen LogP contribution >= 0.6 is 0 Å². The number of hydrogen-bond donors (Lipinski definition) is 2. The Kier molecular flexibility index (Phi) is 5.60. The van der Waals surface area contributed by atoms with Crippen LogP contribution in [-0.4, -0.2) is 67.1 Å². The van der Waals surface area contributed by atoms with Crippen molar-refractivity contribution < 1.29 is 4.79 Å². The highest BCUT2D eigenvalue weighted by molar-refractivity contribution is 5.80. The van der Waals surface area contributed by atoms with Gasteiger partial charge in [0, 0.05) is 32.2 Å². The maximum Gasteiger partial charge on any atom is 0.235 e. The predicted octanol–water partition coefficient (Wildman–Crippen LogP) is 0.0100. The van der Waals surface area contributed by atoms with Gasteiger partial charge in [0.25, 0.3) is 0 Å². The molecular weight excluding hydrogens is 240 g/mol. The number of rotatable bonds is 6. The van der Waals surface area contributed by atoms with Gasteiger partial charge in [-0.05, 0) is 32.4 Å². The lowest BCUT2D eigenvalue weighted by Crippen LogP contribution is -2.58. The zero-order valence-electron chi connectivity index (χ0n) is 12.1. The summed E-state index contributed by atoms with van der Waals surface area (Å²) in [6.07, 6.45) is 5.03. The summed E-state index contributed by atoms with van der Waals surface area (Å²) in [5.74, 6) is -0.223. The Morgan fingerprint density at radius 1 is 1.37 bits per heavy atom. The molecule has 0 aromatic carbocycles. The smallest absolute Gasteiger partial charge is 0.235 e. The second-order valence-electron chi connectivity index (χ2n) is 5.85. The first-order valence-corrected chi connectivity index (χ1v) is 7.69. The number of nitrogens with two attached hydrogens (primary N) is 1. The minimum absolute atomic E-state index is 0.199. The molecule has 2 atom stereocenters. The number of carbonyl (C=O) groups is 1. The van der Waals surface area contributed by atoms with Crippen LogP contribution in [0.4, 0.5) is 0 Å². The van der Waals surface area contributed by atoms with Crippen molar-refractivity contribution in [3.63, 3.8) is 0 Å². The molecule has 0 aromatic heterocycles. The van der Waals surface area contributed by atoms with E-state index >= 15 is 0 Å². The van der Waals surface area contributed by atoms with E-state index < -0.39 is 0 Å². The third-order valence-corrected chi connectivity index (χ3v) is 4.35. The van der Waals surface area contributed by atoms with Crippen molar-refractivity contribution in [1.29, 1.82) is 0 Å². The summed E-state index contributed by atoms with van der Waals surface area (Å²) in [4.78, 5) is 16.5. The van der Waals surface area contributed by atoms with Crippen molar-refractivity contribution >= 4 is 5.91 Å². The van der Waals surface area contributed by atoms with E-state index in [9.17, 15) is 4.79 Å². The van der Waals surface area contributed by atoms with Crippen LogP contribution in [0.2, 0.25) is 0 Å². The molecule has 2 unspecified atom stereocenters. The molecule has 5 nitrogen and oxygen atoms in total. The van der Waals surface area contributed by atoms with E-state index in [2.05, 4.69) is 22.0 Å². The second-order valence-corrected chi connectivity index (χ2v) is 5.85. The van der Waals surface area contributed by atoms with E-state index in [1.165, 1.54) is 25.8 Å². The van der Waals surface area contributed by atoms with Gasteiger partial charge in [0.2, 0.25) is 5.91 Å². The number of nitrogens with zero attached hydrogens (tertiary/aromatic N) is 2. The summed E-state index contributed by atoms with van der Waals surface area (Å²) < 4.78 is 0. The van der Waals surface area contributed by atoms with Gasteiger partial charge >= 0.3 is 0 Å². The molecule has 2 saturated heterocycles. The normalized spacial score (nSPS) is 26.9. The molecule has 0 radical (unpaired) electrons. The highest BCUT2D eigenvalue weighted by Crippen LogP contribution is 2.20. The monoisotopic (exact) mass is 268 g/mol. The third kappa shape index (κ3) is 4.16. The fourth-order valence-corrected chi connectivity index (χ4v) is 3.22. The van der Waals surface area contributed by atoms with E-state index in [-0.39, 0.29) is 11.9 Å². The molecule has 2 heterocycles. The van der Waals surface area contributed by atoms with Crippen LogP contribution in [0.1, 0.15) is 32.6 Å². The van der Waals surface area contributed by atoms with Crippen molar-refractivity contribution in [3.05, 3.63) is 0 Å². The van der Waals surface area contributed by atoms with Crippen LogP contribution in [0.15, 0.2) is 0 Å². The van der Waals surface area contributed by atoms with Gasteiger partial charge in [-0.2, -0.15) is 0 Å². The minimum atomic E-state index is -0.223. The number of primary amides is 1. The first kappa shape index (κ1) is 14.8. The Balaban J connectivity index is 1.82. The number of carbonyl (C=O) groups excluding carboxylic acids is 1. The molecule has 2 fully saturated rings. The van der Waals surface area contributed by atoms with E-state index in [1.54, 1.807) is 0 Å². The molecule has 2 aliphatic heterocycles. The fraction of sp³-hybridized carbons (Fsp3) is 0.929. The number of hydrogen-bond acceptors (Lipinski definition) is 4. The molecule has 2 rings (SSSR count). The first-order valence-electron chi connectivity index (χ1n) is 7.69. The summed E-state index contributed by atoms with van der Waals surface area (Å²) in [5, 5.41) is 3.26. The Labute approximate surface area is 116 Å². The maximum absolute atomic E-state index is 11.5. The number of amides is 1. The van der Waals surface area contributed by atoms with Crippen LogP contribution in [-0.2, 0) is 4.79 Å². The molecule has 0 spiro atoms. The van der Waals surface area contributed by atoms with E-state index in [4.69, 9.17) is 5.73 Å². The van der Waals surface area contributed by atoms with Crippen molar-refractivity contribution in [2.75, 3.05) is 39.3 Å². The third-order valence-electron chi connectivity index (χ3n) is 4.35. The molecule has 1 amide bonds. The number of fused-ring (bicyclic) bond motifs is 1. The molecule has 0 saturated carbocycles. The Bertz CT molecular complexity index is 297. The van der Waals surface area contributed by atoms with Gasteiger partial charge in [-0.1, -0.05) is 13.3 Å². The van der Waals surface area contributed by atoms with Crippen molar-refractivity contribution in [3.8, 4) is 0 Å². The summed E-state index contributed by atoms with van der Waals surface area (Å²) in [5.41, 5.74) is 5.49. The molecule has 110 valence electrons. The second kappa shape index (κ2) is 7.22. The zero-order chi connectivity index (χ0) is 13.7. The molecule has 2 aliphatic rings. The zero-order valence-corrected chi connectivity index (χ0v) is 12.1. The van der Waals surface area contributed by atoms with Crippen molar-refractivity contribution in [1.82, 2.24) is 15.1 Å². The van der Waals surface area contributed by atoms with Crippen LogP contribution in [0, 0.1) is 0 Å². The SMILES string of the molecule is CCCNC(CN1CCN2CCCCC2C1)C(N)=O. The highest BCUT2D eigenvalue weighted by atomic mass is 16.1. The lowest BCUT2D eigenvalue weighted by atomic mass is 9.99. The quantitative estimate of drug-likeness (QED) is 0.712. The van der Waals surface area contributed by atoms with Crippen molar-refractivity contribution in [2.24, 2.45) is 5.73 Å². The summed E-state index contributed by atoms with van der Waals surface area (Å²) >= 11 is 0. The van der Waals surface area contributed by atoms with E-state index in [1.807, 2.05) is 0 Å². The van der Waals surface area contributed by atoms with Gasteiger partial charge in [0.15, 0.2) is 0 Å². The first-order chi connectivity index (χ1) is 9.20. The minimum Gasteiger partial charge on any atom is -0.368 e. The number of piperidine rings is 1. The van der Waals surface area contributed by atoms with E-state index in [0.717, 1.165) is 39.1 Å². The summed E-state index contributed by atoms with van der Waals surface area (Å²) in [6, 6.07) is 0.497. The Morgan fingerprint density at radius 3 is 2.95 bits per heavy atom. The number of nitrogens with one attached hydrogen (secondary N) is 1. The van der Waals surface area contributed by atoms with Crippen molar-refractivity contribution in [2.45, 2.75) is 44.7 Å². The lowest BCUT2D eigenvalue weighted by molar-refractivity contribution is -0.120. The molecule has 3 N–H and O–H groups in total. The van der Waals surface area contributed by atoms with Gasteiger partial charge in [-0.15, -0.1) is 0 Å². The molecule has 19 heavy (non-hydrogen) atoms. The number of piperazine rings is 1. The van der Waals surface area contributed by atoms with Gasteiger partial charge in [-0.3, -0.25) is 14.6 Å². The fourth-order valence-electron chi connectivity index (χ4n) is 3.22. The maximum atomic E-state index is 11.5. The van der Waals surface area contributed by atoms with E-state index in [0.29, 0.717) is 6.04 Å². The predicted molar refractivity (Wildman–Crippen MR) is 76.9 cm³/mol. The standard InChI is InChI=1S/C14H28N4O/c1-2-6-16-13(14(15)19)11-17-8-9-18-7-4-3-5-12(18)10-17/h12-13,16H,2-11H2,1H3,(H2,15,19). The Morgan fingerprint density at radius 2 is 2.21 bits per heavy atom. The largest absolute Gasteiger partial charge is 0.368 e. The Hall–Kier alpha value is -0.650. The summed E-state index contributed by atoms with van der Waals surface area (Å²) in [6.45, 7) is 8.28.